The molecule has 2 rings (SSSR count). The average Bonchev–Trinajstić information content (AvgIpc) is 2.26. The van der Waals surface area contributed by atoms with Crippen molar-refractivity contribution in [3.63, 3.8) is 0 Å². The minimum absolute atomic E-state index is 0.0486. The number of methoxy groups -OCH3 is 1. The van der Waals surface area contributed by atoms with Gasteiger partial charge in [0, 0.05) is 13.1 Å². The molecule has 0 unspecified atom stereocenters. The second-order valence-corrected chi connectivity index (χ2v) is 3.83. The van der Waals surface area contributed by atoms with Gasteiger partial charge in [-0.25, -0.2) is 0 Å². The predicted octanol–water partition coefficient (Wildman–Crippen LogP) is 0.464. The summed E-state index contributed by atoms with van der Waals surface area (Å²) in [6.45, 7) is 2.80. The minimum atomic E-state index is -0.330. The number of rotatable bonds is 3. The molecule has 0 aromatic rings. The summed E-state index contributed by atoms with van der Waals surface area (Å²) in [7, 11) is 7.45. The van der Waals surface area contributed by atoms with E-state index in [9.17, 15) is 0 Å². The molecule has 72 valence electrons. The van der Waals surface area contributed by atoms with Crippen LogP contribution in [-0.2, 0) is 14.2 Å². The van der Waals surface area contributed by atoms with Gasteiger partial charge in [-0.2, -0.15) is 0 Å². The Morgan fingerprint density at radius 3 is 2.85 bits per heavy atom. The first-order valence-corrected chi connectivity index (χ1v) is 4.81. The molecule has 2 heterocycles. The summed E-state index contributed by atoms with van der Waals surface area (Å²) in [4.78, 5) is 0. The quantitative estimate of drug-likeness (QED) is 0.593. The van der Waals surface area contributed by atoms with Gasteiger partial charge in [-0.3, -0.25) is 0 Å². The predicted molar refractivity (Wildman–Crippen MR) is 48.8 cm³/mol. The van der Waals surface area contributed by atoms with Crippen molar-refractivity contribution in [2.45, 2.75) is 43.6 Å². The molecule has 2 aliphatic heterocycles. The molecule has 0 aliphatic carbocycles. The van der Waals surface area contributed by atoms with Crippen LogP contribution in [0.5, 0.6) is 0 Å². The van der Waals surface area contributed by atoms with Crippen LogP contribution in [0.2, 0.25) is 0 Å². The highest BCUT2D eigenvalue weighted by Gasteiger charge is 2.60. The molecule has 0 amide bonds. The average molecular weight is 182 g/mol. The van der Waals surface area contributed by atoms with Gasteiger partial charge in [0.25, 0.3) is 0 Å². The van der Waals surface area contributed by atoms with Gasteiger partial charge in [-0.15, -0.1) is 0 Å². The SMILES string of the molecule is [B][C@@H]1O[C@@]2(CCC)CO[C@H]2[C@H]1OC. The fourth-order valence-corrected chi connectivity index (χ4v) is 2.33. The summed E-state index contributed by atoms with van der Waals surface area (Å²) in [6, 6.07) is -0.330. The number of hydrogen-bond donors (Lipinski definition) is 0. The van der Waals surface area contributed by atoms with E-state index in [1.807, 2.05) is 0 Å². The molecule has 0 aromatic heterocycles. The van der Waals surface area contributed by atoms with Gasteiger partial charge in [0.1, 0.15) is 25.7 Å². The highest BCUT2D eigenvalue weighted by atomic mass is 16.7. The summed E-state index contributed by atoms with van der Waals surface area (Å²) < 4.78 is 16.4. The van der Waals surface area contributed by atoms with Crippen LogP contribution in [0.3, 0.4) is 0 Å². The lowest BCUT2D eigenvalue weighted by Crippen LogP contribution is -2.59. The number of fused-ring (bicyclic) bond motifs is 1. The Bertz CT molecular complexity index is 199. The molecule has 4 atom stereocenters. The van der Waals surface area contributed by atoms with E-state index in [1.54, 1.807) is 7.11 Å². The van der Waals surface area contributed by atoms with Crippen molar-refractivity contribution in [2.24, 2.45) is 0 Å². The van der Waals surface area contributed by atoms with Crippen molar-refractivity contribution >= 4 is 7.85 Å². The van der Waals surface area contributed by atoms with Crippen LogP contribution in [0.25, 0.3) is 0 Å². The zero-order valence-electron chi connectivity index (χ0n) is 8.16. The van der Waals surface area contributed by atoms with Crippen LogP contribution in [0.4, 0.5) is 0 Å². The van der Waals surface area contributed by atoms with Crippen LogP contribution in [-0.4, -0.2) is 45.4 Å². The number of hydrogen-bond acceptors (Lipinski definition) is 3. The van der Waals surface area contributed by atoms with Crippen molar-refractivity contribution in [2.75, 3.05) is 13.7 Å². The Balaban J connectivity index is 2.08. The lowest BCUT2D eigenvalue weighted by atomic mass is 9.83. The maximum Gasteiger partial charge on any atom is 0.119 e. The van der Waals surface area contributed by atoms with Gasteiger partial charge in [-0.05, 0) is 6.42 Å². The summed E-state index contributed by atoms with van der Waals surface area (Å²) in [6.07, 6.45) is 2.04. The van der Waals surface area contributed by atoms with Crippen LogP contribution in [0, 0.1) is 0 Å². The minimum Gasteiger partial charge on any atom is -0.377 e. The Kier molecular flexibility index (Phi) is 2.38. The first-order chi connectivity index (χ1) is 6.23. The Hall–Kier alpha value is -0.0551. The lowest BCUT2D eigenvalue weighted by molar-refractivity contribution is -0.229. The molecule has 2 aliphatic rings. The van der Waals surface area contributed by atoms with Gasteiger partial charge >= 0.3 is 0 Å². The van der Waals surface area contributed by atoms with E-state index in [1.165, 1.54) is 0 Å². The van der Waals surface area contributed by atoms with Crippen LogP contribution < -0.4 is 0 Å². The first-order valence-electron chi connectivity index (χ1n) is 4.81. The van der Waals surface area contributed by atoms with Crippen molar-refractivity contribution in [1.29, 1.82) is 0 Å². The first kappa shape index (κ1) is 9.50. The molecular formula is C9H15BO3. The molecule has 0 saturated carbocycles. The molecule has 0 bridgehead atoms. The highest BCUT2D eigenvalue weighted by molar-refractivity contribution is 6.11. The third kappa shape index (κ3) is 1.23. The Morgan fingerprint density at radius 1 is 1.62 bits per heavy atom. The largest absolute Gasteiger partial charge is 0.377 e. The zero-order valence-corrected chi connectivity index (χ0v) is 8.16. The normalized spacial score (nSPS) is 48.6. The van der Waals surface area contributed by atoms with E-state index in [-0.39, 0.29) is 23.8 Å². The van der Waals surface area contributed by atoms with Crippen LogP contribution in [0.15, 0.2) is 0 Å². The van der Waals surface area contributed by atoms with Gasteiger partial charge in [0.15, 0.2) is 0 Å². The molecule has 4 heteroatoms. The van der Waals surface area contributed by atoms with E-state index >= 15 is 0 Å². The van der Waals surface area contributed by atoms with Crippen molar-refractivity contribution in [3.05, 3.63) is 0 Å². The second kappa shape index (κ2) is 3.26. The van der Waals surface area contributed by atoms with E-state index in [2.05, 4.69) is 6.92 Å². The van der Waals surface area contributed by atoms with E-state index in [4.69, 9.17) is 22.1 Å². The van der Waals surface area contributed by atoms with E-state index in [0.717, 1.165) is 12.8 Å². The summed E-state index contributed by atoms with van der Waals surface area (Å²) in [5, 5.41) is 0. The highest BCUT2D eigenvalue weighted by Crippen LogP contribution is 2.44. The standard InChI is InChI=1S/C9H15BO3/c1-3-4-9-5-12-7(9)6(11-2)8(10)13-9/h6-8H,3-5H2,1-2H3/t6-,7+,8-,9+/m1/s1. The van der Waals surface area contributed by atoms with Gasteiger partial charge in [-0.1, -0.05) is 13.3 Å². The molecule has 0 N–H and O–H groups in total. The summed E-state index contributed by atoms with van der Waals surface area (Å²) in [5.74, 6) is 0. The molecular weight excluding hydrogens is 167 g/mol. The molecule has 13 heavy (non-hydrogen) atoms. The topological polar surface area (TPSA) is 27.7 Å². The monoisotopic (exact) mass is 182 g/mol. The maximum absolute atomic E-state index is 5.80. The third-order valence-electron chi connectivity index (χ3n) is 2.96. The van der Waals surface area contributed by atoms with Crippen LogP contribution in [0.1, 0.15) is 19.8 Å². The Morgan fingerprint density at radius 2 is 2.38 bits per heavy atom. The molecule has 2 saturated heterocycles. The van der Waals surface area contributed by atoms with Gasteiger partial charge < -0.3 is 14.2 Å². The fourth-order valence-electron chi connectivity index (χ4n) is 2.33. The summed E-state index contributed by atoms with van der Waals surface area (Å²) in [5.41, 5.74) is -0.144. The third-order valence-corrected chi connectivity index (χ3v) is 2.96. The van der Waals surface area contributed by atoms with Crippen molar-refractivity contribution < 1.29 is 14.2 Å². The second-order valence-electron chi connectivity index (χ2n) is 3.83. The van der Waals surface area contributed by atoms with Gasteiger partial charge in [0.05, 0.1) is 6.61 Å². The number of ether oxygens (including phenoxy) is 3. The molecule has 0 spiro atoms. The molecule has 2 radical (unpaired) electrons. The lowest BCUT2D eigenvalue weighted by Gasteiger charge is -2.44. The van der Waals surface area contributed by atoms with Crippen molar-refractivity contribution in [1.82, 2.24) is 0 Å². The van der Waals surface area contributed by atoms with Gasteiger partial charge in [0.2, 0.25) is 0 Å². The summed E-state index contributed by atoms with van der Waals surface area (Å²) >= 11 is 0. The Labute approximate surface area is 80.1 Å². The zero-order chi connectivity index (χ0) is 9.47. The van der Waals surface area contributed by atoms with E-state index in [0.29, 0.717) is 6.61 Å². The maximum atomic E-state index is 5.80. The fraction of sp³-hybridized carbons (Fsp3) is 1.00. The molecule has 3 nitrogen and oxygen atoms in total. The van der Waals surface area contributed by atoms with E-state index < -0.39 is 0 Å². The smallest absolute Gasteiger partial charge is 0.119 e. The van der Waals surface area contributed by atoms with Crippen molar-refractivity contribution in [3.8, 4) is 0 Å². The molecule has 2 fully saturated rings. The molecule has 0 aromatic carbocycles. The van der Waals surface area contributed by atoms with Crippen LogP contribution >= 0.6 is 0 Å².